The number of benzene rings is 1. The number of hydrogen-bond donors (Lipinski definition) is 1. The Morgan fingerprint density at radius 2 is 2.10 bits per heavy atom. The van der Waals surface area contributed by atoms with Crippen LogP contribution in [-0.4, -0.2) is 20.2 Å². The molecule has 1 aromatic heterocycles. The fourth-order valence-electron chi connectivity index (χ4n) is 1.62. The molecule has 7 nitrogen and oxygen atoms in total. The molecule has 0 amide bonds. The summed E-state index contributed by atoms with van der Waals surface area (Å²) in [5.74, 6) is -1.84. The van der Waals surface area contributed by atoms with Gasteiger partial charge in [0.15, 0.2) is 5.09 Å². The van der Waals surface area contributed by atoms with Gasteiger partial charge in [0.2, 0.25) is 5.76 Å². The van der Waals surface area contributed by atoms with E-state index in [0.29, 0.717) is 0 Å². The quantitative estimate of drug-likeness (QED) is 0.667. The first-order valence-corrected chi connectivity index (χ1v) is 7.22. The van der Waals surface area contributed by atoms with E-state index in [2.05, 4.69) is 0 Å². The van der Waals surface area contributed by atoms with Gasteiger partial charge in [0.05, 0.1) is 21.5 Å². The SMILES string of the molecule is O=C(O)c1ccc(S(=O)Cc2cc(Cl)ccc2[N+](=O)[O-])o1. The number of carboxylic acid groups (broad SMARTS) is 1. The van der Waals surface area contributed by atoms with Crippen LogP contribution in [0.1, 0.15) is 16.1 Å². The Hall–Kier alpha value is -2.19. The zero-order valence-corrected chi connectivity index (χ0v) is 11.9. The van der Waals surface area contributed by atoms with E-state index in [4.69, 9.17) is 21.1 Å². The molecular formula is C12H8ClNO6S. The summed E-state index contributed by atoms with van der Waals surface area (Å²) >= 11 is 5.77. The lowest BCUT2D eigenvalue weighted by Crippen LogP contribution is -2.00. The third kappa shape index (κ3) is 3.47. The Morgan fingerprint density at radius 3 is 2.67 bits per heavy atom. The maximum Gasteiger partial charge on any atom is 0.371 e. The van der Waals surface area contributed by atoms with Crippen LogP contribution in [0.4, 0.5) is 5.69 Å². The molecule has 21 heavy (non-hydrogen) atoms. The fraction of sp³-hybridized carbons (Fsp3) is 0.0833. The van der Waals surface area contributed by atoms with E-state index in [9.17, 15) is 19.1 Å². The van der Waals surface area contributed by atoms with Gasteiger partial charge in [0.25, 0.3) is 5.69 Å². The molecule has 9 heteroatoms. The Bertz CT molecular complexity index is 741. The molecule has 2 rings (SSSR count). The van der Waals surface area contributed by atoms with Crippen LogP contribution >= 0.6 is 11.6 Å². The number of carbonyl (C=O) groups is 1. The zero-order valence-electron chi connectivity index (χ0n) is 10.3. The van der Waals surface area contributed by atoms with Gasteiger partial charge in [-0.3, -0.25) is 14.3 Å². The summed E-state index contributed by atoms with van der Waals surface area (Å²) in [6.07, 6.45) is 0. The molecule has 0 saturated heterocycles. The van der Waals surface area contributed by atoms with Gasteiger partial charge in [-0.25, -0.2) is 4.79 Å². The lowest BCUT2D eigenvalue weighted by atomic mass is 10.2. The first kappa shape index (κ1) is 15.2. The standard InChI is InChI=1S/C12H8ClNO6S/c13-8-1-2-9(14(17)18)7(5-8)6-21(19)11-4-3-10(20-11)12(15)16/h1-5H,6H2,(H,15,16). The van der Waals surface area contributed by atoms with Crippen molar-refractivity contribution in [3.63, 3.8) is 0 Å². The topological polar surface area (TPSA) is 111 Å². The lowest BCUT2D eigenvalue weighted by molar-refractivity contribution is -0.385. The predicted molar refractivity (Wildman–Crippen MR) is 73.9 cm³/mol. The van der Waals surface area contributed by atoms with E-state index >= 15 is 0 Å². The molecule has 0 aliphatic heterocycles. The summed E-state index contributed by atoms with van der Waals surface area (Å²) in [4.78, 5) is 21.0. The van der Waals surface area contributed by atoms with Crippen molar-refractivity contribution < 1.29 is 23.5 Å². The molecular weight excluding hydrogens is 322 g/mol. The van der Waals surface area contributed by atoms with Gasteiger partial charge in [0.1, 0.15) is 0 Å². The fourth-order valence-corrected chi connectivity index (χ4v) is 2.87. The van der Waals surface area contributed by atoms with Crippen molar-refractivity contribution in [2.75, 3.05) is 0 Å². The molecule has 0 radical (unpaired) electrons. The molecule has 2 aromatic rings. The van der Waals surface area contributed by atoms with Crippen molar-refractivity contribution in [2.45, 2.75) is 10.8 Å². The highest BCUT2D eigenvalue weighted by Crippen LogP contribution is 2.26. The summed E-state index contributed by atoms with van der Waals surface area (Å²) in [7, 11) is -1.76. The first-order chi connectivity index (χ1) is 9.88. The van der Waals surface area contributed by atoms with Crippen molar-refractivity contribution in [1.82, 2.24) is 0 Å². The second-order valence-electron chi connectivity index (χ2n) is 3.94. The minimum Gasteiger partial charge on any atom is -0.475 e. The summed E-state index contributed by atoms with van der Waals surface area (Å²) in [5, 5.41) is 19.8. The van der Waals surface area contributed by atoms with Crippen LogP contribution in [0, 0.1) is 10.1 Å². The van der Waals surface area contributed by atoms with Crippen molar-refractivity contribution in [2.24, 2.45) is 0 Å². The van der Waals surface area contributed by atoms with E-state index in [1.54, 1.807) is 0 Å². The Kier molecular flexibility index (Phi) is 4.39. The predicted octanol–water partition coefficient (Wildman–Crippen LogP) is 2.85. The van der Waals surface area contributed by atoms with Crippen LogP contribution in [-0.2, 0) is 16.6 Å². The smallest absolute Gasteiger partial charge is 0.371 e. The molecule has 0 fully saturated rings. The van der Waals surface area contributed by atoms with Crippen LogP contribution in [0.5, 0.6) is 0 Å². The number of carboxylic acids is 1. The van der Waals surface area contributed by atoms with Gasteiger partial charge in [-0.1, -0.05) is 11.6 Å². The average Bonchev–Trinajstić information content (AvgIpc) is 2.88. The lowest BCUT2D eigenvalue weighted by Gasteiger charge is -2.02. The van der Waals surface area contributed by atoms with Crippen LogP contribution in [0.3, 0.4) is 0 Å². The molecule has 0 aliphatic carbocycles. The number of aromatic carboxylic acids is 1. The average molecular weight is 330 g/mol. The third-order valence-electron chi connectivity index (χ3n) is 2.54. The number of rotatable bonds is 5. The molecule has 1 unspecified atom stereocenters. The van der Waals surface area contributed by atoms with E-state index in [0.717, 1.165) is 0 Å². The summed E-state index contributed by atoms with van der Waals surface area (Å²) in [5.41, 5.74) is -0.0307. The van der Waals surface area contributed by atoms with Gasteiger partial charge in [-0.15, -0.1) is 0 Å². The maximum atomic E-state index is 12.1. The van der Waals surface area contributed by atoms with Gasteiger partial charge in [-0.2, -0.15) is 0 Å². The van der Waals surface area contributed by atoms with Crippen LogP contribution in [0.25, 0.3) is 0 Å². The van der Waals surface area contributed by atoms with Crippen molar-refractivity contribution >= 4 is 34.1 Å². The van der Waals surface area contributed by atoms with E-state index in [1.165, 1.54) is 30.3 Å². The first-order valence-electron chi connectivity index (χ1n) is 5.53. The van der Waals surface area contributed by atoms with Gasteiger partial charge in [0, 0.05) is 16.7 Å². The number of nitrogens with zero attached hydrogens (tertiary/aromatic N) is 1. The van der Waals surface area contributed by atoms with Gasteiger partial charge >= 0.3 is 5.97 Å². The maximum absolute atomic E-state index is 12.1. The molecule has 1 N–H and O–H groups in total. The van der Waals surface area contributed by atoms with Crippen LogP contribution in [0.15, 0.2) is 39.8 Å². The zero-order chi connectivity index (χ0) is 15.6. The van der Waals surface area contributed by atoms with Gasteiger partial charge < -0.3 is 9.52 Å². The number of hydrogen-bond acceptors (Lipinski definition) is 5. The highest BCUT2D eigenvalue weighted by Gasteiger charge is 2.19. The largest absolute Gasteiger partial charge is 0.475 e. The van der Waals surface area contributed by atoms with Gasteiger partial charge in [-0.05, 0) is 24.3 Å². The van der Waals surface area contributed by atoms with E-state index in [-0.39, 0.29) is 32.9 Å². The molecule has 0 spiro atoms. The molecule has 110 valence electrons. The Labute approximate surface area is 125 Å². The van der Waals surface area contributed by atoms with Crippen molar-refractivity contribution in [3.8, 4) is 0 Å². The second-order valence-corrected chi connectivity index (χ2v) is 5.76. The third-order valence-corrected chi connectivity index (χ3v) is 4.02. The highest BCUT2D eigenvalue weighted by molar-refractivity contribution is 7.84. The molecule has 1 aromatic carbocycles. The molecule has 1 atom stereocenters. The van der Waals surface area contributed by atoms with E-state index < -0.39 is 21.7 Å². The normalized spacial score (nSPS) is 12.0. The number of halogens is 1. The number of furan rings is 1. The number of nitro benzene ring substituents is 1. The minimum atomic E-state index is -1.76. The molecule has 1 heterocycles. The summed E-state index contributed by atoms with van der Waals surface area (Å²) in [6, 6.07) is 6.36. The molecule has 0 saturated carbocycles. The number of nitro groups is 1. The van der Waals surface area contributed by atoms with E-state index in [1.807, 2.05) is 0 Å². The minimum absolute atomic E-state index is 0.0679. The molecule has 0 bridgehead atoms. The highest BCUT2D eigenvalue weighted by atomic mass is 35.5. The summed E-state index contributed by atoms with van der Waals surface area (Å²) in [6.45, 7) is 0. The van der Waals surface area contributed by atoms with Crippen LogP contribution in [0.2, 0.25) is 5.02 Å². The molecule has 0 aliphatic rings. The van der Waals surface area contributed by atoms with Crippen molar-refractivity contribution in [1.29, 1.82) is 0 Å². The Morgan fingerprint density at radius 1 is 1.38 bits per heavy atom. The monoisotopic (exact) mass is 329 g/mol. The van der Waals surface area contributed by atoms with Crippen molar-refractivity contribution in [3.05, 3.63) is 56.8 Å². The van der Waals surface area contributed by atoms with Crippen LogP contribution < -0.4 is 0 Å². The Balaban J connectivity index is 2.28. The summed E-state index contributed by atoms with van der Waals surface area (Å²) < 4.78 is 17.0. The second kappa shape index (κ2) is 6.06.